The zero-order valence-corrected chi connectivity index (χ0v) is 19.8. The first-order valence-corrected chi connectivity index (χ1v) is 11.6. The van der Waals surface area contributed by atoms with E-state index in [4.69, 9.17) is 9.84 Å². The van der Waals surface area contributed by atoms with Crippen molar-refractivity contribution in [2.24, 2.45) is 0 Å². The summed E-state index contributed by atoms with van der Waals surface area (Å²) in [6.45, 7) is 1.46. The lowest BCUT2D eigenvalue weighted by Crippen LogP contribution is -2.12. The Balaban J connectivity index is 1.52. The van der Waals surface area contributed by atoms with Crippen LogP contribution >= 0.6 is 11.3 Å². The average Bonchev–Trinajstić information content (AvgIpc) is 3.48. The maximum atomic E-state index is 13.4. The van der Waals surface area contributed by atoms with E-state index in [1.54, 1.807) is 30.1 Å². The van der Waals surface area contributed by atoms with Gasteiger partial charge in [-0.05, 0) is 42.5 Å². The summed E-state index contributed by atoms with van der Waals surface area (Å²) in [5.74, 6) is 0.126. The van der Waals surface area contributed by atoms with Gasteiger partial charge in [-0.3, -0.25) is 14.9 Å². The lowest BCUT2D eigenvalue weighted by Gasteiger charge is -2.07. The number of carbonyl (C=O) groups is 2. The van der Waals surface area contributed by atoms with Crippen LogP contribution in [0.4, 0.5) is 10.8 Å². The van der Waals surface area contributed by atoms with Gasteiger partial charge in [0, 0.05) is 24.4 Å². The summed E-state index contributed by atoms with van der Waals surface area (Å²) in [5, 5.41) is 10.8. The lowest BCUT2D eigenvalue weighted by molar-refractivity contribution is -0.114. The average molecular weight is 484 g/mol. The Bertz CT molecular complexity index is 1540. The smallest absolute Gasteiger partial charge is 0.261 e. The number of ether oxygens (including phenoxy) is 1. The van der Waals surface area contributed by atoms with Crippen LogP contribution in [0.3, 0.4) is 0 Å². The van der Waals surface area contributed by atoms with Gasteiger partial charge in [-0.2, -0.15) is 5.10 Å². The molecule has 2 N–H and O–H groups in total. The minimum absolute atomic E-state index is 0.151. The maximum Gasteiger partial charge on any atom is 0.261 e. The number of hydrogen-bond acceptors (Lipinski definition) is 6. The molecule has 0 saturated carbocycles. The van der Waals surface area contributed by atoms with Crippen molar-refractivity contribution in [2.45, 2.75) is 6.92 Å². The van der Waals surface area contributed by atoms with Gasteiger partial charge in [0.25, 0.3) is 5.91 Å². The Kier molecular flexibility index (Phi) is 5.99. The number of thiazole rings is 1. The fourth-order valence-electron chi connectivity index (χ4n) is 3.72. The number of aromatic nitrogens is 3. The zero-order valence-electron chi connectivity index (χ0n) is 19.0. The normalized spacial score (nSPS) is 10.8. The molecular formula is C26H21N5O3S. The molecule has 0 bridgehead atoms. The van der Waals surface area contributed by atoms with Crippen molar-refractivity contribution in [2.75, 3.05) is 17.7 Å². The van der Waals surface area contributed by atoms with Gasteiger partial charge in [0.1, 0.15) is 11.4 Å². The minimum atomic E-state index is -0.339. The van der Waals surface area contributed by atoms with E-state index in [0.717, 1.165) is 15.9 Å². The quantitative estimate of drug-likeness (QED) is 0.338. The summed E-state index contributed by atoms with van der Waals surface area (Å²) in [6, 6.07) is 22.4. The SMILES string of the molecule is COc1ccccc1-c1nn(-c2ccccc2)cc1C(=O)Nc1nc2ccc(NC(C)=O)cc2s1. The van der Waals surface area contributed by atoms with E-state index in [1.165, 1.54) is 18.3 Å². The minimum Gasteiger partial charge on any atom is -0.496 e. The molecule has 0 aliphatic carbocycles. The molecule has 0 radical (unpaired) electrons. The highest BCUT2D eigenvalue weighted by Gasteiger charge is 2.22. The van der Waals surface area contributed by atoms with Crippen LogP contribution in [0.25, 0.3) is 27.2 Å². The molecule has 0 aliphatic heterocycles. The molecule has 35 heavy (non-hydrogen) atoms. The van der Waals surface area contributed by atoms with Crippen LogP contribution in [-0.2, 0) is 4.79 Å². The molecule has 0 fully saturated rings. The molecule has 174 valence electrons. The molecule has 5 rings (SSSR count). The van der Waals surface area contributed by atoms with Crippen molar-refractivity contribution >= 4 is 44.2 Å². The maximum absolute atomic E-state index is 13.4. The molecule has 2 heterocycles. The number of rotatable bonds is 6. The fourth-order valence-corrected chi connectivity index (χ4v) is 4.62. The number of carbonyl (C=O) groups excluding carboxylic acids is 2. The number of hydrogen-bond donors (Lipinski definition) is 2. The number of benzene rings is 3. The van der Waals surface area contributed by atoms with Gasteiger partial charge >= 0.3 is 0 Å². The van der Waals surface area contributed by atoms with Gasteiger partial charge < -0.3 is 10.1 Å². The third kappa shape index (κ3) is 4.62. The van der Waals surface area contributed by atoms with E-state index in [1.807, 2.05) is 60.7 Å². The van der Waals surface area contributed by atoms with Crippen LogP contribution in [0.1, 0.15) is 17.3 Å². The third-order valence-electron chi connectivity index (χ3n) is 5.27. The Hall–Kier alpha value is -4.50. The number of nitrogens with one attached hydrogen (secondary N) is 2. The first-order valence-electron chi connectivity index (χ1n) is 10.8. The summed E-state index contributed by atoms with van der Waals surface area (Å²) < 4.78 is 8.04. The van der Waals surface area contributed by atoms with E-state index in [2.05, 4.69) is 15.6 Å². The number of nitrogens with zero attached hydrogens (tertiary/aromatic N) is 3. The Labute approximate surface area is 205 Å². The third-order valence-corrected chi connectivity index (χ3v) is 6.20. The van der Waals surface area contributed by atoms with Crippen LogP contribution in [0.2, 0.25) is 0 Å². The molecule has 2 amide bonds. The summed E-state index contributed by atoms with van der Waals surface area (Å²) in [4.78, 5) is 29.3. The first-order chi connectivity index (χ1) is 17.0. The monoisotopic (exact) mass is 483 g/mol. The van der Waals surface area contributed by atoms with E-state index >= 15 is 0 Å². The second-order valence-electron chi connectivity index (χ2n) is 7.71. The van der Waals surface area contributed by atoms with Crippen molar-refractivity contribution in [3.8, 4) is 22.7 Å². The van der Waals surface area contributed by atoms with Gasteiger partial charge in [0.2, 0.25) is 5.91 Å². The summed E-state index contributed by atoms with van der Waals surface area (Å²) in [7, 11) is 1.59. The Morgan fingerprint density at radius 1 is 0.971 bits per heavy atom. The predicted molar refractivity (Wildman–Crippen MR) is 137 cm³/mol. The summed E-state index contributed by atoms with van der Waals surface area (Å²) >= 11 is 1.33. The standard InChI is InChI=1S/C26H21N5O3S/c1-16(32)27-17-12-13-21-23(14-17)35-26(28-21)29-25(33)20-15-31(18-8-4-3-5-9-18)30-24(20)19-10-6-7-11-22(19)34-2/h3-15H,1-2H3,(H,27,32)(H,28,29,33). The molecule has 8 nitrogen and oxygen atoms in total. The summed E-state index contributed by atoms with van der Waals surface area (Å²) in [5.41, 5.74) is 3.82. The number of anilines is 2. The molecule has 0 spiro atoms. The van der Waals surface area contributed by atoms with Crippen molar-refractivity contribution in [1.82, 2.24) is 14.8 Å². The number of para-hydroxylation sites is 2. The molecule has 0 unspecified atom stereocenters. The predicted octanol–water partition coefficient (Wildman–Crippen LogP) is 5.37. The lowest BCUT2D eigenvalue weighted by atomic mass is 10.1. The molecular weight excluding hydrogens is 462 g/mol. The van der Waals surface area contributed by atoms with Crippen molar-refractivity contribution in [1.29, 1.82) is 0 Å². The molecule has 0 atom stereocenters. The highest BCUT2D eigenvalue weighted by molar-refractivity contribution is 7.22. The van der Waals surface area contributed by atoms with E-state index in [9.17, 15) is 9.59 Å². The van der Waals surface area contributed by atoms with E-state index in [-0.39, 0.29) is 11.8 Å². The highest BCUT2D eigenvalue weighted by atomic mass is 32.1. The summed E-state index contributed by atoms with van der Waals surface area (Å²) in [6.07, 6.45) is 1.70. The van der Waals surface area contributed by atoms with Gasteiger partial charge in [-0.1, -0.05) is 41.7 Å². The molecule has 5 aromatic rings. The number of fused-ring (bicyclic) bond motifs is 1. The van der Waals surface area contributed by atoms with Crippen LogP contribution in [0.15, 0.2) is 79.0 Å². The van der Waals surface area contributed by atoms with Crippen LogP contribution < -0.4 is 15.4 Å². The van der Waals surface area contributed by atoms with E-state index < -0.39 is 0 Å². The van der Waals surface area contributed by atoms with Gasteiger partial charge in [0.05, 0.1) is 28.6 Å². The largest absolute Gasteiger partial charge is 0.496 e. The van der Waals surface area contributed by atoms with Crippen LogP contribution in [0.5, 0.6) is 5.75 Å². The van der Waals surface area contributed by atoms with Gasteiger partial charge in [0.15, 0.2) is 5.13 Å². The second-order valence-corrected chi connectivity index (χ2v) is 8.74. The van der Waals surface area contributed by atoms with Crippen molar-refractivity contribution < 1.29 is 14.3 Å². The highest BCUT2D eigenvalue weighted by Crippen LogP contribution is 2.33. The topological polar surface area (TPSA) is 98.1 Å². The first kappa shape index (κ1) is 22.3. The second kappa shape index (κ2) is 9.40. The van der Waals surface area contributed by atoms with E-state index in [0.29, 0.717) is 33.4 Å². The van der Waals surface area contributed by atoms with Crippen LogP contribution in [0, 0.1) is 0 Å². The Morgan fingerprint density at radius 3 is 2.51 bits per heavy atom. The Morgan fingerprint density at radius 2 is 1.74 bits per heavy atom. The van der Waals surface area contributed by atoms with Crippen LogP contribution in [-0.4, -0.2) is 33.7 Å². The van der Waals surface area contributed by atoms with Gasteiger partial charge in [-0.25, -0.2) is 9.67 Å². The van der Waals surface area contributed by atoms with Gasteiger partial charge in [-0.15, -0.1) is 0 Å². The number of amides is 2. The molecule has 9 heteroatoms. The van der Waals surface area contributed by atoms with Crippen molar-refractivity contribution in [3.63, 3.8) is 0 Å². The fraction of sp³-hybridized carbons (Fsp3) is 0.0769. The number of methoxy groups -OCH3 is 1. The molecule has 2 aromatic heterocycles. The van der Waals surface area contributed by atoms with Crippen molar-refractivity contribution in [3.05, 3.63) is 84.6 Å². The molecule has 0 aliphatic rings. The molecule has 3 aromatic carbocycles. The molecule has 0 saturated heterocycles. The zero-order chi connectivity index (χ0) is 24.4.